The molecular weight excluding hydrogens is 641 g/mol. The first kappa shape index (κ1) is 32.0. The zero-order valence-electron chi connectivity index (χ0n) is 24.1. The molecule has 3 heterocycles. The van der Waals surface area contributed by atoms with Crippen molar-refractivity contribution in [3.05, 3.63) is 75.0 Å². The SMILES string of the molecule is COC(=O)[C@H](CCCN1C(=O)c2ccccc2C1=O)NC(=O)c1cc(Cl)c(N(C=O)Cc2cnc3nc(N)nc(N)c3n2)c(Cl)c1. The number of ether oxygens (including phenoxy) is 1. The third-order valence-electron chi connectivity index (χ3n) is 7.07. The maximum absolute atomic E-state index is 13.2. The van der Waals surface area contributed by atoms with Gasteiger partial charge in [0.1, 0.15) is 6.04 Å². The molecular formula is C29H25Cl2N9O6. The van der Waals surface area contributed by atoms with E-state index >= 15 is 0 Å². The van der Waals surface area contributed by atoms with Crippen molar-refractivity contribution in [2.75, 3.05) is 30.0 Å². The van der Waals surface area contributed by atoms with Gasteiger partial charge in [0.05, 0.1) is 52.4 Å². The second kappa shape index (κ2) is 13.3. The summed E-state index contributed by atoms with van der Waals surface area (Å²) in [7, 11) is 1.17. The number of fused-ring (bicyclic) bond motifs is 2. The number of halogens is 2. The predicted molar refractivity (Wildman–Crippen MR) is 167 cm³/mol. The molecule has 46 heavy (non-hydrogen) atoms. The Bertz CT molecular complexity index is 1850. The summed E-state index contributed by atoms with van der Waals surface area (Å²) in [4.78, 5) is 81.7. The number of anilines is 3. The molecule has 0 spiro atoms. The lowest BCUT2D eigenvalue weighted by molar-refractivity contribution is -0.143. The smallest absolute Gasteiger partial charge is 0.328 e. The highest BCUT2D eigenvalue weighted by molar-refractivity contribution is 6.40. The van der Waals surface area contributed by atoms with Crippen molar-refractivity contribution in [3.63, 3.8) is 0 Å². The largest absolute Gasteiger partial charge is 0.467 e. The van der Waals surface area contributed by atoms with Crippen molar-refractivity contribution in [1.29, 1.82) is 0 Å². The van der Waals surface area contributed by atoms with Crippen LogP contribution in [0.25, 0.3) is 11.2 Å². The van der Waals surface area contributed by atoms with Gasteiger partial charge >= 0.3 is 5.97 Å². The number of nitrogens with zero attached hydrogens (tertiary/aromatic N) is 6. The third kappa shape index (κ3) is 6.36. The van der Waals surface area contributed by atoms with Crippen molar-refractivity contribution in [1.82, 2.24) is 30.2 Å². The van der Waals surface area contributed by atoms with Gasteiger partial charge in [-0.15, -0.1) is 0 Å². The summed E-state index contributed by atoms with van der Waals surface area (Å²) in [6.07, 6.45) is 2.10. The number of carbonyl (C=O) groups excluding carboxylic acids is 5. The first-order valence-corrected chi connectivity index (χ1v) is 14.4. The molecule has 5 N–H and O–H groups in total. The standard InChI is InChI=1S/C29H25Cl2N9O6/c1-46-28(45)20(7-4-8-40-26(43)16-5-2-3-6-17(16)27(40)44)36-25(42)14-9-18(30)22(19(31)10-14)39(13-41)12-15-11-34-24-21(35-15)23(32)37-29(33)38-24/h2-3,5-6,9-11,13,20H,4,7-8,12H2,1H3,(H,36,42)(H4,32,33,34,37,38)/t20-/m0/s1. The number of hydrogen-bond acceptors (Lipinski definition) is 12. The van der Waals surface area contributed by atoms with Crippen LogP contribution in [-0.4, -0.2) is 74.6 Å². The fourth-order valence-electron chi connectivity index (χ4n) is 4.90. The molecule has 15 nitrogen and oxygen atoms in total. The maximum Gasteiger partial charge on any atom is 0.328 e. The van der Waals surface area contributed by atoms with E-state index in [1.54, 1.807) is 24.3 Å². The van der Waals surface area contributed by atoms with Gasteiger partial charge in [-0.1, -0.05) is 35.3 Å². The molecule has 4 aromatic rings. The van der Waals surface area contributed by atoms with Crippen LogP contribution >= 0.6 is 23.2 Å². The summed E-state index contributed by atoms with van der Waals surface area (Å²) >= 11 is 13.0. The number of esters is 1. The van der Waals surface area contributed by atoms with Crippen LogP contribution in [0, 0.1) is 0 Å². The molecule has 1 atom stereocenters. The van der Waals surface area contributed by atoms with Gasteiger partial charge in [0.15, 0.2) is 17.0 Å². The number of nitrogen functional groups attached to an aromatic ring is 2. The first-order valence-electron chi connectivity index (χ1n) is 13.6. The first-order chi connectivity index (χ1) is 22.0. The predicted octanol–water partition coefficient (Wildman–Crippen LogP) is 2.40. The summed E-state index contributed by atoms with van der Waals surface area (Å²) < 4.78 is 4.84. The summed E-state index contributed by atoms with van der Waals surface area (Å²) in [5, 5.41) is 2.49. The molecule has 2 aromatic heterocycles. The average molecular weight is 666 g/mol. The molecule has 0 unspecified atom stereocenters. The molecule has 2 aromatic carbocycles. The Hall–Kier alpha value is -5.41. The third-order valence-corrected chi connectivity index (χ3v) is 7.65. The summed E-state index contributed by atoms with van der Waals surface area (Å²) in [5.41, 5.74) is 12.8. The highest BCUT2D eigenvalue weighted by Gasteiger charge is 2.35. The molecule has 17 heteroatoms. The molecule has 0 saturated carbocycles. The van der Waals surface area contributed by atoms with E-state index in [9.17, 15) is 24.0 Å². The zero-order chi connectivity index (χ0) is 33.1. The second-order valence-electron chi connectivity index (χ2n) is 10.0. The summed E-state index contributed by atoms with van der Waals surface area (Å²) in [6, 6.07) is 7.92. The summed E-state index contributed by atoms with van der Waals surface area (Å²) in [6.45, 7) is -0.0996. The lowest BCUT2D eigenvalue weighted by Gasteiger charge is -2.21. The van der Waals surface area contributed by atoms with Crippen LogP contribution < -0.4 is 21.7 Å². The van der Waals surface area contributed by atoms with Gasteiger partial charge in [-0.25, -0.2) is 14.8 Å². The van der Waals surface area contributed by atoms with Gasteiger partial charge < -0.3 is 26.4 Å². The Balaban J connectivity index is 1.27. The number of hydrogen-bond donors (Lipinski definition) is 3. The lowest BCUT2D eigenvalue weighted by atomic mass is 10.1. The van der Waals surface area contributed by atoms with Gasteiger partial charge in [-0.2, -0.15) is 9.97 Å². The van der Waals surface area contributed by atoms with Crippen molar-refractivity contribution < 1.29 is 28.7 Å². The molecule has 4 amide bonds. The van der Waals surface area contributed by atoms with Gasteiger partial charge in [0.2, 0.25) is 12.4 Å². The van der Waals surface area contributed by atoms with Gasteiger partial charge in [0.25, 0.3) is 17.7 Å². The van der Waals surface area contributed by atoms with Gasteiger partial charge in [-0.3, -0.25) is 24.1 Å². The van der Waals surface area contributed by atoms with Crippen LogP contribution in [0.5, 0.6) is 0 Å². The highest BCUT2D eigenvalue weighted by atomic mass is 35.5. The number of amides is 4. The molecule has 0 bridgehead atoms. The Morgan fingerprint density at radius 1 is 1.07 bits per heavy atom. The number of nitrogens with one attached hydrogen (secondary N) is 1. The van der Waals surface area contributed by atoms with E-state index in [2.05, 4.69) is 25.3 Å². The Morgan fingerprint density at radius 3 is 2.33 bits per heavy atom. The number of aromatic nitrogens is 4. The Labute approximate surface area is 270 Å². The Kier molecular flexibility index (Phi) is 9.25. The topological polar surface area (TPSA) is 217 Å². The van der Waals surface area contributed by atoms with Crippen LogP contribution in [0.2, 0.25) is 10.0 Å². The van der Waals surface area contributed by atoms with E-state index in [1.165, 1.54) is 25.4 Å². The molecule has 0 radical (unpaired) electrons. The number of methoxy groups -OCH3 is 1. The van der Waals surface area contributed by atoms with E-state index in [0.717, 1.165) is 9.80 Å². The fraction of sp³-hybridized carbons (Fsp3) is 0.207. The molecule has 1 aliphatic heterocycles. The van der Waals surface area contributed by atoms with Crippen molar-refractivity contribution >= 4 is 81.9 Å². The molecule has 0 fully saturated rings. The number of imide groups is 1. The number of rotatable bonds is 11. The quantitative estimate of drug-likeness (QED) is 0.119. The van der Waals surface area contributed by atoms with E-state index < -0.39 is 29.7 Å². The molecule has 236 valence electrons. The van der Waals surface area contributed by atoms with E-state index in [-0.39, 0.29) is 70.2 Å². The number of nitrogens with two attached hydrogens (primary N) is 2. The number of benzene rings is 2. The lowest BCUT2D eigenvalue weighted by Crippen LogP contribution is -2.42. The van der Waals surface area contributed by atoms with Crippen molar-refractivity contribution in [3.8, 4) is 0 Å². The van der Waals surface area contributed by atoms with Crippen LogP contribution in [0.15, 0.2) is 42.6 Å². The van der Waals surface area contributed by atoms with Gasteiger partial charge in [0, 0.05) is 12.1 Å². The average Bonchev–Trinajstić information content (AvgIpc) is 3.27. The van der Waals surface area contributed by atoms with Crippen LogP contribution in [-0.2, 0) is 20.9 Å². The highest BCUT2D eigenvalue weighted by Crippen LogP contribution is 2.35. The Morgan fingerprint density at radius 2 is 1.72 bits per heavy atom. The normalized spacial score (nSPS) is 13.0. The van der Waals surface area contributed by atoms with Gasteiger partial charge in [-0.05, 0) is 37.1 Å². The van der Waals surface area contributed by atoms with E-state index in [4.69, 9.17) is 39.4 Å². The second-order valence-corrected chi connectivity index (χ2v) is 10.8. The molecule has 0 saturated heterocycles. The molecule has 1 aliphatic rings. The molecule has 5 rings (SSSR count). The van der Waals surface area contributed by atoms with Crippen LogP contribution in [0.1, 0.15) is 49.6 Å². The number of carbonyl (C=O) groups is 5. The van der Waals surface area contributed by atoms with Crippen molar-refractivity contribution in [2.45, 2.75) is 25.4 Å². The van der Waals surface area contributed by atoms with E-state index in [0.29, 0.717) is 23.2 Å². The van der Waals surface area contributed by atoms with Crippen LogP contribution in [0.3, 0.4) is 0 Å². The zero-order valence-corrected chi connectivity index (χ0v) is 25.6. The monoisotopic (exact) mass is 665 g/mol. The van der Waals surface area contributed by atoms with Crippen LogP contribution in [0.4, 0.5) is 17.5 Å². The molecule has 0 aliphatic carbocycles. The maximum atomic E-state index is 13.2. The minimum absolute atomic E-state index is 0.00754. The summed E-state index contributed by atoms with van der Waals surface area (Å²) in [5.74, 6) is -2.35. The van der Waals surface area contributed by atoms with E-state index in [1.807, 2.05) is 0 Å². The minimum atomic E-state index is -1.12. The van der Waals surface area contributed by atoms with Crippen molar-refractivity contribution in [2.24, 2.45) is 0 Å². The minimum Gasteiger partial charge on any atom is -0.467 e. The fourth-order valence-corrected chi connectivity index (χ4v) is 5.61.